The Kier molecular flexibility index (Phi) is 6.55. The molecule has 2 nitrogen and oxygen atoms in total. The molecule has 21 heavy (non-hydrogen) atoms. The van der Waals surface area contributed by atoms with E-state index < -0.39 is 0 Å². The normalized spacial score (nSPS) is 30.4. The lowest BCUT2D eigenvalue weighted by Crippen LogP contribution is -2.52. The minimum Gasteiger partial charge on any atom is -0.380 e. The summed E-state index contributed by atoms with van der Waals surface area (Å²) < 4.78 is 5.95. The van der Waals surface area contributed by atoms with Crippen LogP contribution in [0.25, 0.3) is 0 Å². The molecule has 3 fully saturated rings. The van der Waals surface area contributed by atoms with Crippen LogP contribution in [-0.4, -0.2) is 37.7 Å². The summed E-state index contributed by atoms with van der Waals surface area (Å²) in [7, 11) is 0. The molecule has 0 N–H and O–H groups in total. The third-order valence-electron chi connectivity index (χ3n) is 6.27. The summed E-state index contributed by atoms with van der Waals surface area (Å²) in [6.45, 7) is 15.0. The van der Waals surface area contributed by atoms with Crippen LogP contribution in [0.4, 0.5) is 0 Å². The zero-order valence-electron chi connectivity index (χ0n) is 14.9. The standard InChI is InChI=1S/C19H37NO/c1-5-10-20(11-6-2)12-14-21-13-9-16-7-8-17-15-18(16)19(17,3)4/h16-18H,5-15H2,1-4H3. The van der Waals surface area contributed by atoms with Crippen molar-refractivity contribution in [1.82, 2.24) is 4.90 Å². The van der Waals surface area contributed by atoms with Gasteiger partial charge in [0.2, 0.25) is 0 Å². The Morgan fingerprint density at radius 2 is 1.71 bits per heavy atom. The van der Waals surface area contributed by atoms with Gasteiger partial charge in [0.1, 0.15) is 0 Å². The third-order valence-corrected chi connectivity index (χ3v) is 6.27. The van der Waals surface area contributed by atoms with E-state index in [0.29, 0.717) is 5.41 Å². The molecular formula is C19H37NO. The smallest absolute Gasteiger partial charge is 0.0593 e. The maximum atomic E-state index is 5.95. The lowest BCUT2D eigenvalue weighted by Gasteiger charge is -2.60. The Hall–Kier alpha value is -0.0800. The number of hydrogen-bond donors (Lipinski definition) is 0. The van der Waals surface area contributed by atoms with E-state index in [1.165, 1.54) is 51.6 Å². The Morgan fingerprint density at radius 3 is 2.29 bits per heavy atom. The van der Waals surface area contributed by atoms with Crippen LogP contribution in [0.5, 0.6) is 0 Å². The highest BCUT2D eigenvalue weighted by atomic mass is 16.5. The van der Waals surface area contributed by atoms with Gasteiger partial charge in [-0.1, -0.05) is 27.7 Å². The summed E-state index contributed by atoms with van der Waals surface area (Å²) in [5, 5.41) is 0. The van der Waals surface area contributed by atoms with E-state index in [9.17, 15) is 0 Å². The van der Waals surface area contributed by atoms with Crippen molar-refractivity contribution in [1.29, 1.82) is 0 Å². The fraction of sp³-hybridized carbons (Fsp3) is 1.00. The zero-order chi connectivity index (χ0) is 15.3. The first-order valence-corrected chi connectivity index (χ1v) is 9.39. The summed E-state index contributed by atoms with van der Waals surface area (Å²) >= 11 is 0. The van der Waals surface area contributed by atoms with Crippen LogP contribution in [-0.2, 0) is 4.74 Å². The number of nitrogens with zero attached hydrogens (tertiary/aromatic N) is 1. The zero-order valence-corrected chi connectivity index (χ0v) is 14.9. The fourth-order valence-corrected chi connectivity index (χ4v) is 4.81. The average Bonchev–Trinajstić information content (AvgIpc) is 2.47. The molecule has 0 aromatic rings. The second-order valence-corrected chi connectivity index (χ2v) is 7.94. The second kappa shape index (κ2) is 7.97. The van der Waals surface area contributed by atoms with Crippen LogP contribution in [0.2, 0.25) is 0 Å². The molecule has 0 heterocycles. The van der Waals surface area contributed by atoms with Crippen molar-refractivity contribution in [2.24, 2.45) is 23.2 Å². The molecule has 3 rings (SSSR count). The van der Waals surface area contributed by atoms with Gasteiger partial charge in [0, 0.05) is 13.2 Å². The number of fused-ring (bicyclic) bond motifs is 2. The predicted octanol–water partition coefficient (Wildman–Crippen LogP) is 4.59. The predicted molar refractivity (Wildman–Crippen MR) is 90.6 cm³/mol. The van der Waals surface area contributed by atoms with Crippen molar-refractivity contribution in [3.8, 4) is 0 Å². The van der Waals surface area contributed by atoms with Crippen LogP contribution >= 0.6 is 0 Å². The van der Waals surface area contributed by atoms with Gasteiger partial charge in [0.15, 0.2) is 0 Å². The summed E-state index contributed by atoms with van der Waals surface area (Å²) in [5.41, 5.74) is 0.627. The Morgan fingerprint density at radius 1 is 1.00 bits per heavy atom. The van der Waals surface area contributed by atoms with Gasteiger partial charge in [0.25, 0.3) is 0 Å². The van der Waals surface area contributed by atoms with Crippen LogP contribution in [0.15, 0.2) is 0 Å². The number of ether oxygens (including phenoxy) is 1. The molecule has 0 radical (unpaired) electrons. The first-order valence-electron chi connectivity index (χ1n) is 9.39. The summed E-state index contributed by atoms with van der Waals surface area (Å²) in [6, 6.07) is 0. The maximum absolute atomic E-state index is 5.95. The monoisotopic (exact) mass is 295 g/mol. The molecule has 3 atom stereocenters. The number of rotatable bonds is 10. The molecule has 0 amide bonds. The summed E-state index contributed by atoms with van der Waals surface area (Å²) in [6.07, 6.45) is 8.22. The highest BCUT2D eigenvalue weighted by Gasteiger charge is 2.53. The Balaban J connectivity index is 1.57. The minimum atomic E-state index is 0.627. The summed E-state index contributed by atoms with van der Waals surface area (Å²) in [5.74, 6) is 2.94. The SMILES string of the molecule is CCCN(CCC)CCOCCC1CCC2CC1C2(C)C. The van der Waals surface area contributed by atoms with Crippen LogP contribution in [0.3, 0.4) is 0 Å². The molecular weight excluding hydrogens is 258 g/mol. The average molecular weight is 296 g/mol. The van der Waals surface area contributed by atoms with Crippen LogP contribution in [0, 0.1) is 23.2 Å². The minimum absolute atomic E-state index is 0.627. The van der Waals surface area contributed by atoms with Gasteiger partial charge in [-0.25, -0.2) is 0 Å². The van der Waals surface area contributed by atoms with Gasteiger partial charge in [-0.15, -0.1) is 0 Å². The van der Waals surface area contributed by atoms with E-state index in [1.807, 2.05) is 0 Å². The van der Waals surface area contributed by atoms with Crippen molar-refractivity contribution < 1.29 is 4.74 Å². The third kappa shape index (κ3) is 4.22. The molecule has 124 valence electrons. The molecule has 0 spiro atoms. The van der Waals surface area contributed by atoms with E-state index >= 15 is 0 Å². The van der Waals surface area contributed by atoms with E-state index in [0.717, 1.165) is 37.5 Å². The highest BCUT2D eigenvalue weighted by molar-refractivity contribution is 5.03. The van der Waals surface area contributed by atoms with E-state index in [4.69, 9.17) is 4.74 Å². The van der Waals surface area contributed by atoms with Gasteiger partial charge in [0.05, 0.1) is 6.61 Å². The molecule has 0 aromatic carbocycles. The molecule has 3 unspecified atom stereocenters. The fourth-order valence-electron chi connectivity index (χ4n) is 4.81. The quantitative estimate of drug-likeness (QED) is 0.547. The molecule has 3 saturated carbocycles. The molecule has 0 aromatic heterocycles. The summed E-state index contributed by atoms with van der Waals surface area (Å²) in [4.78, 5) is 2.54. The first kappa shape index (κ1) is 17.3. The molecule has 0 saturated heterocycles. The van der Waals surface area contributed by atoms with Gasteiger partial charge in [-0.3, -0.25) is 0 Å². The topological polar surface area (TPSA) is 12.5 Å². The molecule has 3 aliphatic carbocycles. The highest BCUT2D eigenvalue weighted by Crippen LogP contribution is 2.61. The van der Waals surface area contributed by atoms with Crippen molar-refractivity contribution >= 4 is 0 Å². The maximum Gasteiger partial charge on any atom is 0.0593 e. The van der Waals surface area contributed by atoms with E-state index in [2.05, 4.69) is 32.6 Å². The van der Waals surface area contributed by atoms with Crippen LogP contribution < -0.4 is 0 Å². The Bertz CT molecular complexity index is 294. The van der Waals surface area contributed by atoms with Gasteiger partial charge < -0.3 is 9.64 Å². The molecule has 2 heteroatoms. The second-order valence-electron chi connectivity index (χ2n) is 7.94. The van der Waals surface area contributed by atoms with Crippen molar-refractivity contribution in [3.63, 3.8) is 0 Å². The van der Waals surface area contributed by atoms with Crippen LogP contribution in [0.1, 0.15) is 66.2 Å². The van der Waals surface area contributed by atoms with E-state index in [-0.39, 0.29) is 0 Å². The van der Waals surface area contributed by atoms with Gasteiger partial charge >= 0.3 is 0 Å². The lowest BCUT2D eigenvalue weighted by molar-refractivity contribution is -0.111. The Labute approximate surface area is 132 Å². The van der Waals surface area contributed by atoms with Gasteiger partial charge in [-0.05, 0) is 74.8 Å². The van der Waals surface area contributed by atoms with Crippen molar-refractivity contribution in [3.05, 3.63) is 0 Å². The van der Waals surface area contributed by atoms with Crippen molar-refractivity contribution in [2.75, 3.05) is 32.8 Å². The molecule has 2 bridgehead atoms. The largest absolute Gasteiger partial charge is 0.380 e. The van der Waals surface area contributed by atoms with Gasteiger partial charge in [-0.2, -0.15) is 0 Å². The number of hydrogen-bond acceptors (Lipinski definition) is 2. The molecule has 3 aliphatic rings. The molecule has 0 aliphatic heterocycles. The lowest BCUT2D eigenvalue weighted by atomic mass is 9.45. The van der Waals surface area contributed by atoms with E-state index in [1.54, 1.807) is 0 Å². The van der Waals surface area contributed by atoms with Crippen molar-refractivity contribution in [2.45, 2.75) is 66.2 Å². The first-order chi connectivity index (χ1) is 10.1.